The van der Waals surface area contributed by atoms with E-state index in [9.17, 15) is 0 Å². The average molecular weight is 287 g/mol. The van der Waals surface area contributed by atoms with Crippen LogP contribution in [0.25, 0.3) is 0 Å². The number of hydrogen-bond acceptors (Lipinski definition) is 7. The van der Waals surface area contributed by atoms with Crippen molar-refractivity contribution in [1.29, 1.82) is 0 Å². The number of hydrogen-bond donors (Lipinski definition) is 3. The highest BCUT2D eigenvalue weighted by Crippen LogP contribution is 2.11. The van der Waals surface area contributed by atoms with Crippen molar-refractivity contribution in [1.82, 2.24) is 20.4 Å². The number of unbranched alkanes of at least 4 members (excludes halogenated alkanes) is 2. The van der Waals surface area contributed by atoms with Gasteiger partial charge >= 0.3 is 0 Å². The molecule has 0 atom stereocenters. The van der Waals surface area contributed by atoms with Crippen LogP contribution in [-0.4, -0.2) is 28.0 Å². The van der Waals surface area contributed by atoms with Crippen LogP contribution in [-0.2, 0) is 0 Å². The molecule has 1 aromatic rings. The Bertz CT molecular complexity index is 341. The van der Waals surface area contributed by atoms with Crippen LogP contribution in [0, 0.1) is 0 Å². The van der Waals surface area contributed by atoms with E-state index in [1.807, 2.05) is 5.01 Å². The second-order valence-electron chi connectivity index (χ2n) is 4.00. The highest BCUT2D eigenvalue weighted by atomic mass is 32.1. The first-order valence-electron chi connectivity index (χ1n) is 6.32. The molecule has 0 fully saturated rings. The normalized spacial score (nSPS) is 10.7. The Balaban J connectivity index is 2.72. The van der Waals surface area contributed by atoms with E-state index >= 15 is 0 Å². The first-order valence-corrected chi connectivity index (χ1v) is 7.21. The SMILES string of the molecule is CCCCNN(CCCC)c1nc(S)nc(S)n1. The number of anilines is 1. The number of nitrogens with zero attached hydrogens (tertiary/aromatic N) is 4. The van der Waals surface area contributed by atoms with Crippen molar-refractivity contribution in [2.75, 3.05) is 18.1 Å². The fourth-order valence-electron chi connectivity index (χ4n) is 1.42. The molecule has 0 aliphatic carbocycles. The van der Waals surface area contributed by atoms with E-state index in [0.29, 0.717) is 16.3 Å². The number of rotatable bonds is 8. The van der Waals surface area contributed by atoms with Gasteiger partial charge in [-0.3, -0.25) is 5.01 Å². The van der Waals surface area contributed by atoms with Crippen LogP contribution in [0.4, 0.5) is 5.95 Å². The molecular weight excluding hydrogens is 266 g/mol. The summed E-state index contributed by atoms with van der Waals surface area (Å²) in [7, 11) is 0. The van der Waals surface area contributed by atoms with Crippen LogP contribution in [0.2, 0.25) is 0 Å². The first kappa shape index (κ1) is 15.5. The molecular formula is C11H21N5S2. The third kappa shape index (κ3) is 5.41. The van der Waals surface area contributed by atoms with Gasteiger partial charge in [0.15, 0.2) is 10.3 Å². The summed E-state index contributed by atoms with van der Waals surface area (Å²) in [6.45, 7) is 6.10. The Hall–Kier alpha value is -0.530. The summed E-state index contributed by atoms with van der Waals surface area (Å²) < 4.78 is 0. The molecule has 0 saturated carbocycles. The van der Waals surface area contributed by atoms with Gasteiger partial charge in [-0.05, 0) is 12.8 Å². The van der Waals surface area contributed by atoms with Gasteiger partial charge in [0.1, 0.15) is 0 Å². The Kier molecular flexibility index (Phi) is 7.38. The Labute approximate surface area is 120 Å². The minimum atomic E-state index is 0.392. The van der Waals surface area contributed by atoms with Crippen LogP contribution in [0.1, 0.15) is 39.5 Å². The molecule has 1 aromatic heterocycles. The molecule has 18 heavy (non-hydrogen) atoms. The lowest BCUT2D eigenvalue weighted by atomic mass is 10.3. The maximum absolute atomic E-state index is 4.22. The second-order valence-corrected chi connectivity index (χ2v) is 4.80. The van der Waals surface area contributed by atoms with Gasteiger partial charge in [-0.1, -0.05) is 26.7 Å². The average Bonchev–Trinajstić information content (AvgIpc) is 2.32. The number of aromatic nitrogens is 3. The summed E-state index contributed by atoms with van der Waals surface area (Å²) in [4.78, 5) is 12.4. The predicted octanol–water partition coefficient (Wildman–Crippen LogP) is 2.36. The topological polar surface area (TPSA) is 53.9 Å². The quantitative estimate of drug-likeness (QED) is 0.389. The van der Waals surface area contributed by atoms with Crippen LogP contribution < -0.4 is 10.4 Å². The number of thiol groups is 2. The maximum Gasteiger partial charge on any atom is 0.244 e. The zero-order valence-electron chi connectivity index (χ0n) is 10.9. The molecule has 1 N–H and O–H groups in total. The van der Waals surface area contributed by atoms with Crippen LogP contribution in [0.5, 0.6) is 0 Å². The highest BCUT2D eigenvalue weighted by Gasteiger charge is 2.10. The molecule has 0 aliphatic heterocycles. The smallest absolute Gasteiger partial charge is 0.244 e. The highest BCUT2D eigenvalue weighted by molar-refractivity contribution is 7.80. The Morgan fingerprint density at radius 2 is 1.61 bits per heavy atom. The van der Waals surface area contributed by atoms with Crippen molar-refractivity contribution in [3.63, 3.8) is 0 Å². The molecule has 1 rings (SSSR count). The summed E-state index contributed by atoms with van der Waals surface area (Å²) in [6, 6.07) is 0. The molecule has 0 spiro atoms. The Morgan fingerprint density at radius 3 is 2.17 bits per heavy atom. The van der Waals surface area contributed by atoms with Crippen LogP contribution in [0.3, 0.4) is 0 Å². The van der Waals surface area contributed by atoms with Gasteiger partial charge < -0.3 is 0 Å². The molecule has 1 heterocycles. The zero-order valence-corrected chi connectivity index (χ0v) is 12.7. The minimum absolute atomic E-state index is 0.392. The zero-order chi connectivity index (χ0) is 13.4. The van der Waals surface area contributed by atoms with E-state index < -0.39 is 0 Å². The van der Waals surface area contributed by atoms with E-state index in [2.05, 4.69) is 59.5 Å². The molecule has 0 saturated heterocycles. The summed E-state index contributed by atoms with van der Waals surface area (Å²) in [5.41, 5.74) is 3.34. The first-order chi connectivity index (χ1) is 8.67. The fourth-order valence-corrected chi connectivity index (χ4v) is 1.87. The predicted molar refractivity (Wildman–Crippen MR) is 79.5 cm³/mol. The lowest BCUT2D eigenvalue weighted by molar-refractivity contribution is 0.556. The molecule has 0 aliphatic rings. The number of hydrazine groups is 1. The lowest BCUT2D eigenvalue weighted by Gasteiger charge is -2.23. The summed E-state index contributed by atoms with van der Waals surface area (Å²) in [5, 5.41) is 2.74. The third-order valence-electron chi connectivity index (χ3n) is 2.41. The van der Waals surface area contributed by atoms with Crippen molar-refractivity contribution in [2.45, 2.75) is 49.8 Å². The molecule has 0 aromatic carbocycles. The lowest BCUT2D eigenvalue weighted by Crippen LogP contribution is -2.40. The van der Waals surface area contributed by atoms with Gasteiger partial charge in [0.25, 0.3) is 0 Å². The standard InChI is InChI=1S/C11H21N5S2/c1-3-5-7-12-16(8-6-4-2)9-13-10(17)15-11(18)14-9/h12H,3-8H2,1-2H3,(H2,13,14,15,17,18). The summed E-state index contributed by atoms with van der Waals surface area (Å²) >= 11 is 8.31. The minimum Gasteiger partial charge on any atom is -0.276 e. The van der Waals surface area contributed by atoms with Crippen molar-refractivity contribution in [3.05, 3.63) is 0 Å². The fraction of sp³-hybridized carbons (Fsp3) is 0.727. The van der Waals surface area contributed by atoms with E-state index in [0.717, 1.165) is 38.8 Å². The van der Waals surface area contributed by atoms with Gasteiger partial charge in [0.2, 0.25) is 5.95 Å². The van der Waals surface area contributed by atoms with Gasteiger partial charge in [-0.2, -0.15) is 15.0 Å². The molecule has 5 nitrogen and oxygen atoms in total. The molecule has 0 radical (unpaired) electrons. The maximum atomic E-state index is 4.22. The van der Waals surface area contributed by atoms with Gasteiger partial charge in [0.05, 0.1) is 0 Å². The van der Waals surface area contributed by atoms with Crippen molar-refractivity contribution < 1.29 is 0 Å². The summed E-state index contributed by atoms with van der Waals surface area (Å²) in [5.74, 6) is 0.588. The molecule has 102 valence electrons. The van der Waals surface area contributed by atoms with Crippen molar-refractivity contribution in [2.24, 2.45) is 0 Å². The van der Waals surface area contributed by atoms with Crippen molar-refractivity contribution >= 4 is 31.2 Å². The summed E-state index contributed by atoms with van der Waals surface area (Å²) in [6.07, 6.45) is 4.48. The second kappa shape index (κ2) is 8.55. The van der Waals surface area contributed by atoms with Crippen LogP contribution in [0.15, 0.2) is 10.3 Å². The van der Waals surface area contributed by atoms with Crippen molar-refractivity contribution in [3.8, 4) is 0 Å². The third-order valence-corrected chi connectivity index (χ3v) is 2.81. The van der Waals surface area contributed by atoms with Gasteiger partial charge in [-0.25, -0.2) is 5.43 Å². The van der Waals surface area contributed by atoms with E-state index in [4.69, 9.17) is 0 Å². The van der Waals surface area contributed by atoms with E-state index in [1.54, 1.807) is 0 Å². The van der Waals surface area contributed by atoms with Crippen LogP contribution >= 0.6 is 25.3 Å². The van der Waals surface area contributed by atoms with Gasteiger partial charge in [0, 0.05) is 13.1 Å². The van der Waals surface area contributed by atoms with E-state index in [1.165, 1.54) is 0 Å². The molecule has 0 bridgehead atoms. The molecule has 0 amide bonds. The number of nitrogens with one attached hydrogen (secondary N) is 1. The van der Waals surface area contributed by atoms with Gasteiger partial charge in [-0.15, -0.1) is 25.3 Å². The monoisotopic (exact) mass is 287 g/mol. The van der Waals surface area contributed by atoms with E-state index in [-0.39, 0.29) is 0 Å². The Morgan fingerprint density at radius 1 is 1.00 bits per heavy atom. The largest absolute Gasteiger partial charge is 0.276 e. The molecule has 7 heteroatoms. The molecule has 0 unspecified atom stereocenters.